The standard InChI is InChI=1S/C16H25N3O3/c1-2-13(16(20)21)19-8-6-11(7-9-19)10-14-17-15(18-22-14)12-4-3-5-12/h11-13H,2-10H2,1H3,(H,20,21). The Morgan fingerprint density at radius 1 is 1.36 bits per heavy atom. The molecule has 1 saturated carbocycles. The Hall–Kier alpha value is -1.43. The van der Waals surface area contributed by atoms with Gasteiger partial charge in [0.2, 0.25) is 5.89 Å². The molecule has 0 radical (unpaired) electrons. The van der Waals surface area contributed by atoms with Crippen LogP contribution in [0.3, 0.4) is 0 Å². The Morgan fingerprint density at radius 2 is 2.09 bits per heavy atom. The third-order valence-electron chi connectivity index (χ3n) is 5.18. The first kappa shape index (κ1) is 15.5. The molecule has 0 bridgehead atoms. The molecule has 0 aromatic carbocycles. The van der Waals surface area contributed by atoms with Gasteiger partial charge < -0.3 is 9.63 Å². The molecule has 1 N–H and O–H groups in total. The Labute approximate surface area is 130 Å². The van der Waals surface area contributed by atoms with Gasteiger partial charge in [-0.05, 0) is 51.1 Å². The van der Waals surface area contributed by atoms with Crippen molar-refractivity contribution in [3.05, 3.63) is 11.7 Å². The summed E-state index contributed by atoms with van der Waals surface area (Å²) in [6.07, 6.45) is 7.15. The number of rotatable bonds is 6. The number of likely N-dealkylation sites (tertiary alicyclic amines) is 1. The Balaban J connectivity index is 1.49. The first-order chi connectivity index (χ1) is 10.7. The van der Waals surface area contributed by atoms with E-state index >= 15 is 0 Å². The molecule has 1 aromatic rings. The minimum atomic E-state index is -0.706. The smallest absolute Gasteiger partial charge is 0.320 e. The second-order valence-electron chi connectivity index (χ2n) is 6.62. The number of hydrogen-bond acceptors (Lipinski definition) is 5. The van der Waals surface area contributed by atoms with Crippen LogP contribution < -0.4 is 0 Å². The van der Waals surface area contributed by atoms with E-state index in [4.69, 9.17) is 4.52 Å². The molecule has 0 amide bonds. The monoisotopic (exact) mass is 307 g/mol. The quantitative estimate of drug-likeness (QED) is 0.869. The molecule has 1 aromatic heterocycles. The van der Waals surface area contributed by atoms with Crippen molar-refractivity contribution in [2.75, 3.05) is 13.1 Å². The number of carboxylic acids is 1. The maximum atomic E-state index is 11.2. The van der Waals surface area contributed by atoms with Crippen molar-refractivity contribution in [2.24, 2.45) is 5.92 Å². The Bertz CT molecular complexity index is 504. The van der Waals surface area contributed by atoms with Crippen LogP contribution in [0.4, 0.5) is 0 Å². The van der Waals surface area contributed by atoms with Crippen molar-refractivity contribution < 1.29 is 14.4 Å². The van der Waals surface area contributed by atoms with E-state index in [-0.39, 0.29) is 6.04 Å². The largest absolute Gasteiger partial charge is 0.480 e. The number of nitrogens with zero attached hydrogens (tertiary/aromatic N) is 3. The lowest BCUT2D eigenvalue weighted by molar-refractivity contribution is -0.144. The van der Waals surface area contributed by atoms with E-state index in [1.807, 2.05) is 6.92 Å². The van der Waals surface area contributed by atoms with Gasteiger partial charge in [-0.25, -0.2) is 0 Å². The molecule has 6 heteroatoms. The van der Waals surface area contributed by atoms with Gasteiger partial charge in [0.15, 0.2) is 5.82 Å². The van der Waals surface area contributed by atoms with Crippen molar-refractivity contribution in [1.82, 2.24) is 15.0 Å². The van der Waals surface area contributed by atoms with E-state index in [1.54, 1.807) is 0 Å². The summed E-state index contributed by atoms with van der Waals surface area (Å²) in [6, 6.07) is -0.338. The summed E-state index contributed by atoms with van der Waals surface area (Å²) >= 11 is 0. The molecule has 1 atom stereocenters. The minimum Gasteiger partial charge on any atom is -0.480 e. The van der Waals surface area contributed by atoms with E-state index in [0.717, 1.165) is 44.1 Å². The average Bonchev–Trinajstić information content (AvgIpc) is 2.87. The number of hydrogen-bond donors (Lipinski definition) is 1. The van der Waals surface area contributed by atoms with Gasteiger partial charge in [-0.1, -0.05) is 18.5 Å². The summed E-state index contributed by atoms with van der Waals surface area (Å²) in [5.74, 6) is 1.97. The van der Waals surface area contributed by atoms with Crippen LogP contribution >= 0.6 is 0 Å². The molecular weight excluding hydrogens is 282 g/mol. The van der Waals surface area contributed by atoms with Crippen LogP contribution in [0.2, 0.25) is 0 Å². The van der Waals surface area contributed by atoms with Crippen LogP contribution in [0.15, 0.2) is 4.52 Å². The molecule has 0 spiro atoms. The highest BCUT2D eigenvalue weighted by atomic mass is 16.5. The maximum Gasteiger partial charge on any atom is 0.320 e. The van der Waals surface area contributed by atoms with Crippen molar-refractivity contribution in [3.63, 3.8) is 0 Å². The number of carbonyl (C=O) groups is 1. The van der Waals surface area contributed by atoms with Gasteiger partial charge >= 0.3 is 5.97 Å². The summed E-state index contributed by atoms with van der Waals surface area (Å²) in [5, 5.41) is 13.3. The number of aromatic nitrogens is 2. The fraction of sp³-hybridized carbons (Fsp3) is 0.812. The second-order valence-corrected chi connectivity index (χ2v) is 6.62. The fourth-order valence-corrected chi connectivity index (χ4v) is 3.49. The molecule has 1 aliphatic heterocycles. The van der Waals surface area contributed by atoms with Crippen LogP contribution in [0.25, 0.3) is 0 Å². The lowest BCUT2D eigenvalue weighted by atomic mass is 9.85. The van der Waals surface area contributed by atoms with Crippen LogP contribution in [0.1, 0.15) is 63.1 Å². The van der Waals surface area contributed by atoms with Crippen LogP contribution in [-0.2, 0) is 11.2 Å². The molecule has 2 aliphatic rings. The highest BCUT2D eigenvalue weighted by Gasteiger charge is 2.30. The Morgan fingerprint density at radius 3 is 2.64 bits per heavy atom. The van der Waals surface area contributed by atoms with Crippen molar-refractivity contribution >= 4 is 5.97 Å². The predicted molar refractivity (Wildman–Crippen MR) is 80.6 cm³/mol. The summed E-state index contributed by atoms with van der Waals surface area (Å²) in [7, 11) is 0. The van der Waals surface area contributed by atoms with E-state index in [2.05, 4.69) is 15.0 Å². The summed E-state index contributed by atoms with van der Waals surface area (Å²) in [6.45, 7) is 3.63. The molecule has 1 aliphatic carbocycles. The third-order valence-corrected chi connectivity index (χ3v) is 5.18. The topological polar surface area (TPSA) is 79.5 Å². The second kappa shape index (κ2) is 6.77. The van der Waals surface area contributed by atoms with Gasteiger partial charge in [0.05, 0.1) is 0 Å². The molecule has 1 saturated heterocycles. The fourth-order valence-electron chi connectivity index (χ4n) is 3.49. The highest BCUT2D eigenvalue weighted by molar-refractivity contribution is 5.73. The number of aliphatic carboxylic acids is 1. The SMILES string of the molecule is CCC(C(=O)O)N1CCC(Cc2nc(C3CCC3)no2)CC1. The van der Waals surface area contributed by atoms with Crippen LogP contribution in [0, 0.1) is 5.92 Å². The van der Waals surface area contributed by atoms with Crippen molar-refractivity contribution in [2.45, 2.75) is 63.8 Å². The molecular formula is C16H25N3O3. The molecule has 6 nitrogen and oxygen atoms in total. The van der Waals surface area contributed by atoms with Gasteiger partial charge in [0, 0.05) is 12.3 Å². The number of carboxylic acid groups (broad SMARTS) is 1. The van der Waals surface area contributed by atoms with Gasteiger partial charge in [-0.2, -0.15) is 4.98 Å². The van der Waals surface area contributed by atoms with Gasteiger partial charge in [0.1, 0.15) is 6.04 Å². The molecule has 2 fully saturated rings. The molecule has 3 rings (SSSR count). The zero-order valence-electron chi connectivity index (χ0n) is 13.2. The van der Waals surface area contributed by atoms with E-state index in [0.29, 0.717) is 18.3 Å². The third kappa shape index (κ3) is 3.32. The lowest BCUT2D eigenvalue weighted by Crippen LogP contribution is -2.45. The first-order valence-corrected chi connectivity index (χ1v) is 8.46. The average molecular weight is 307 g/mol. The Kier molecular flexibility index (Phi) is 4.76. The van der Waals surface area contributed by atoms with Gasteiger partial charge in [-0.3, -0.25) is 9.69 Å². The minimum absolute atomic E-state index is 0.338. The predicted octanol–water partition coefficient (Wildman–Crippen LogP) is 2.45. The maximum absolute atomic E-state index is 11.2. The zero-order valence-corrected chi connectivity index (χ0v) is 13.2. The van der Waals surface area contributed by atoms with E-state index in [1.165, 1.54) is 19.3 Å². The zero-order chi connectivity index (χ0) is 15.5. The van der Waals surface area contributed by atoms with E-state index in [9.17, 15) is 9.90 Å². The molecule has 122 valence electrons. The van der Waals surface area contributed by atoms with Crippen LogP contribution in [-0.4, -0.2) is 45.2 Å². The van der Waals surface area contributed by atoms with E-state index < -0.39 is 5.97 Å². The van der Waals surface area contributed by atoms with Crippen LogP contribution in [0.5, 0.6) is 0 Å². The molecule has 2 heterocycles. The normalized spacial score (nSPS) is 22.4. The highest BCUT2D eigenvalue weighted by Crippen LogP contribution is 2.34. The summed E-state index contributed by atoms with van der Waals surface area (Å²) < 4.78 is 5.39. The number of piperidine rings is 1. The first-order valence-electron chi connectivity index (χ1n) is 8.46. The van der Waals surface area contributed by atoms with Crippen molar-refractivity contribution in [1.29, 1.82) is 0 Å². The molecule has 22 heavy (non-hydrogen) atoms. The molecule has 1 unspecified atom stereocenters. The van der Waals surface area contributed by atoms with Gasteiger partial charge in [-0.15, -0.1) is 0 Å². The summed E-state index contributed by atoms with van der Waals surface area (Å²) in [4.78, 5) is 17.9. The van der Waals surface area contributed by atoms with Gasteiger partial charge in [0.25, 0.3) is 0 Å². The summed E-state index contributed by atoms with van der Waals surface area (Å²) in [5.41, 5.74) is 0. The van der Waals surface area contributed by atoms with Crippen molar-refractivity contribution in [3.8, 4) is 0 Å². The lowest BCUT2D eigenvalue weighted by Gasteiger charge is -2.34.